The lowest BCUT2D eigenvalue weighted by molar-refractivity contribution is 0.0300. The number of aromatic amines is 1. The van der Waals surface area contributed by atoms with Crippen LogP contribution in [0, 0.1) is 23.7 Å². The zero-order chi connectivity index (χ0) is 22.0. The van der Waals surface area contributed by atoms with E-state index in [1.165, 1.54) is 5.39 Å². The van der Waals surface area contributed by atoms with Crippen LogP contribution in [0.25, 0.3) is 16.5 Å². The molecule has 0 saturated carbocycles. The van der Waals surface area contributed by atoms with Gasteiger partial charge < -0.3 is 15.0 Å². The van der Waals surface area contributed by atoms with E-state index in [4.69, 9.17) is 4.74 Å². The van der Waals surface area contributed by atoms with Crippen LogP contribution in [0.1, 0.15) is 11.1 Å². The van der Waals surface area contributed by atoms with Crippen LogP contribution in [0.3, 0.4) is 0 Å². The van der Waals surface area contributed by atoms with Crippen LogP contribution in [-0.2, 0) is 4.74 Å². The second-order valence-electron chi connectivity index (χ2n) is 8.40. The third-order valence-electron chi connectivity index (χ3n) is 6.44. The Labute approximate surface area is 187 Å². The van der Waals surface area contributed by atoms with Gasteiger partial charge in [0.05, 0.1) is 25.3 Å². The maximum atomic E-state index is 10.5. The molecular formula is C25H26N6O. The van der Waals surface area contributed by atoms with E-state index < -0.39 is 5.41 Å². The van der Waals surface area contributed by atoms with Gasteiger partial charge >= 0.3 is 0 Å². The lowest BCUT2D eigenvalue weighted by Gasteiger charge is -2.41. The minimum absolute atomic E-state index is 0.285. The summed E-state index contributed by atoms with van der Waals surface area (Å²) in [6.45, 7) is 5.68. The number of morpholine rings is 1. The van der Waals surface area contributed by atoms with Gasteiger partial charge in [0.2, 0.25) is 0 Å². The van der Waals surface area contributed by atoms with Crippen molar-refractivity contribution in [3.63, 3.8) is 0 Å². The Balaban J connectivity index is 1.57. The first-order valence-corrected chi connectivity index (χ1v) is 10.9. The molecule has 32 heavy (non-hydrogen) atoms. The number of nitrogens with zero attached hydrogens (tertiary/aromatic N) is 4. The molecule has 162 valence electrons. The minimum atomic E-state index is -0.836. The average molecular weight is 427 g/mol. The summed E-state index contributed by atoms with van der Waals surface area (Å²) < 4.78 is 5.52. The van der Waals surface area contributed by atoms with Crippen molar-refractivity contribution >= 4 is 28.4 Å². The summed E-state index contributed by atoms with van der Waals surface area (Å²) in [7, 11) is 0. The van der Waals surface area contributed by atoms with Crippen molar-refractivity contribution < 1.29 is 4.74 Å². The van der Waals surface area contributed by atoms with Crippen LogP contribution in [0.5, 0.6) is 0 Å². The molecule has 2 N–H and O–H groups in total. The number of benzene rings is 1. The summed E-state index contributed by atoms with van der Waals surface area (Å²) in [5.41, 5.74) is 4.34. The molecule has 5 rings (SSSR count). The molecule has 2 aliphatic rings. The zero-order valence-electron chi connectivity index (χ0n) is 18.1. The molecule has 0 spiro atoms. The molecule has 7 heteroatoms. The van der Waals surface area contributed by atoms with Crippen LogP contribution in [-0.4, -0.2) is 60.0 Å². The molecular weight excluding hydrogens is 400 g/mol. The quantitative estimate of drug-likeness (QED) is 0.650. The van der Waals surface area contributed by atoms with Gasteiger partial charge in [-0.2, -0.15) is 5.26 Å². The Morgan fingerprint density at radius 2 is 2.16 bits per heavy atom. The van der Waals surface area contributed by atoms with E-state index in [9.17, 15) is 5.26 Å². The summed E-state index contributed by atoms with van der Waals surface area (Å²) in [5, 5.41) is 15.4. The molecule has 4 heterocycles. The van der Waals surface area contributed by atoms with Gasteiger partial charge in [-0.05, 0) is 42.3 Å². The molecule has 3 aromatic rings. The summed E-state index contributed by atoms with van der Waals surface area (Å²) in [6, 6.07) is 12.5. The van der Waals surface area contributed by atoms with Crippen LogP contribution in [0.2, 0.25) is 0 Å². The van der Waals surface area contributed by atoms with E-state index in [1.54, 1.807) is 6.20 Å². The van der Waals surface area contributed by atoms with Crippen molar-refractivity contribution in [1.29, 1.82) is 5.26 Å². The van der Waals surface area contributed by atoms with Gasteiger partial charge in [0.1, 0.15) is 5.41 Å². The number of nitriles is 1. The number of pyridine rings is 1. The number of hydrogen-bond acceptors (Lipinski definition) is 6. The maximum absolute atomic E-state index is 10.5. The number of aliphatic imine (C=N–C) groups is 1. The monoisotopic (exact) mass is 426 g/mol. The molecule has 0 radical (unpaired) electrons. The number of hydrogen-bond donors (Lipinski definition) is 2. The second-order valence-corrected chi connectivity index (χ2v) is 8.40. The number of rotatable bonds is 5. The van der Waals surface area contributed by atoms with Crippen LogP contribution >= 0.6 is 0 Å². The van der Waals surface area contributed by atoms with Gasteiger partial charge in [0, 0.05) is 72.8 Å². The SMILES string of the molecule is Cc1c(NC2C(c3cccnc3)=CN=CC2(C#N)CN2CCOCC2)ccc2[nH]ccc12. The number of aryl methyl sites for hydroxylation is 1. The Bertz CT molecular complexity index is 1200. The standard InChI is InChI=1S/C25H26N6O/c1-18-20-6-8-29-23(20)5-4-22(18)30-24-21(19-3-2-7-27-13-19)14-28-16-25(24,15-26)17-31-9-11-32-12-10-31/h2-8,13-14,16,24,29-30H,9-12,17H2,1H3. The molecule has 2 unspecified atom stereocenters. The molecule has 2 atom stereocenters. The molecule has 1 fully saturated rings. The Kier molecular flexibility index (Phi) is 5.48. The number of ether oxygens (including phenoxy) is 1. The zero-order valence-corrected chi connectivity index (χ0v) is 18.1. The molecule has 1 saturated heterocycles. The first-order chi connectivity index (χ1) is 15.7. The summed E-state index contributed by atoms with van der Waals surface area (Å²) in [6.07, 6.45) is 9.21. The fourth-order valence-electron chi connectivity index (χ4n) is 4.64. The van der Waals surface area contributed by atoms with Crippen molar-refractivity contribution in [1.82, 2.24) is 14.9 Å². The fraction of sp³-hybridized carbons (Fsp3) is 0.320. The molecule has 7 nitrogen and oxygen atoms in total. The van der Waals surface area contributed by atoms with Gasteiger partial charge in [-0.1, -0.05) is 6.07 Å². The van der Waals surface area contributed by atoms with E-state index in [2.05, 4.69) is 56.4 Å². The Morgan fingerprint density at radius 1 is 1.28 bits per heavy atom. The highest BCUT2D eigenvalue weighted by molar-refractivity contribution is 5.90. The van der Waals surface area contributed by atoms with Crippen LogP contribution in [0.4, 0.5) is 5.69 Å². The second kappa shape index (κ2) is 8.58. The van der Waals surface area contributed by atoms with Crippen molar-refractivity contribution in [2.45, 2.75) is 13.0 Å². The lowest BCUT2D eigenvalue weighted by Crippen LogP contribution is -2.52. The summed E-state index contributed by atoms with van der Waals surface area (Å²) in [5.74, 6) is 0. The number of nitrogens with one attached hydrogen (secondary N) is 2. The number of anilines is 1. The third kappa shape index (κ3) is 3.68. The third-order valence-corrected chi connectivity index (χ3v) is 6.44. The predicted molar refractivity (Wildman–Crippen MR) is 126 cm³/mol. The van der Waals surface area contributed by atoms with Crippen molar-refractivity contribution in [2.75, 3.05) is 38.2 Å². The molecule has 0 bridgehead atoms. The van der Waals surface area contributed by atoms with Gasteiger partial charge in [0.25, 0.3) is 0 Å². The van der Waals surface area contributed by atoms with Crippen molar-refractivity contribution in [3.8, 4) is 6.07 Å². The molecule has 2 aromatic heterocycles. The molecule has 0 amide bonds. The van der Waals surface area contributed by atoms with Gasteiger partial charge in [-0.25, -0.2) is 0 Å². The van der Waals surface area contributed by atoms with Gasteiger partial charge in [-0.3, -0.25) is 14.9 Å². The van der Waals surface area contributed by atoms with E-state index in [-0.39, 0.29) is 6.04 Å². The average Bonchev–Trinajstić information content (AvgIpc) is 3.33. The van der Waals surface area contributed by atoms with E-state index in [0.29, 0.717) is 19.8 Å². The van der Waals surface area contributed by atoms with Gasteiger partial charge in [0.15, 0.2) is 0 Å². The minimum Gasteiger partial charge on any atom is -0.379 e. The first-order valence-electron chi connectivity index (χ1n) is 10.9. The van der Waals surface area contributed by atoms with Crippen LogP contribution < -0.4 is 5.32 Å². The normalized spacial score (nSPS) is 23.6. The van der Waals surface area contributed by atoms with E-state index in [0.717, 1.165) is 41.0 Å². The highest BCUT2D eigenvalue weighted by Gasteiger charge is 2.44. The highest BCUT2D eigenvalue weighted by Crippen LogP contribution is 2.38. The number of fused-ring (bicyclic) bond motifs is 1. The highest BCUT2D eigenvalue weighted by atomic mass is 16.5. The number of H-pyrrole nitrogens is 1. The maximum Gasteiger partial charge on any atom is 0.129 e. The van der Waals surface area contributed by atoms with E-state index in [1.807, 2.05) is 36.9 Å². The molecule has 0 aliphatic carbocycles. The number of aromatic nitrogens is 2. The van der Waals surface area contributed by atoms with Crippen LogP contribution in [0.15, 0.2) is 60.1 Å². The fourth-order valence-corrected chi connectivity index (χ4v) is 4.64. The van der Waals surface area contributed by atoms with Crippen molar-refractivity contribution in [2.24, 2.45) is 10.4 Å². The Morgan fingerprint density at radius 3 is 2.94 bits per heavy atom. The summed E-state index contributed by atoms with van der Waals surface area (Å²) >= 11 is 0. The molecule has 2 aliphatic heterocycles. The van der Waals surface area contributed by atoms with E-state index >= 15 is 0 Å². The summed E-state index contributed by atoms with van der Waals surface area (Å²) in [4.78, 5) is 14.4. The largest absolute Gasteiger partial charge is 0.379 e. The topological polar surface area (TPSA) is 89.3 Å². The van der Waals surface area contributed by atoms with Gasteiger partial charge in [-0.15, -0.1) is 0 Å². The smallest absolute Gasteiger partial charge is 0.129 e. The predicted octanol–water partition coefficient (Wildman–Crippen LogP) is 3.62. The Hall–Kier alpha value is -3.47. The lowest BCUT2D eigenvalue weighted by atomic mass is 9.75. The van der Waals surface area contributed by atoms with Crippen molar-refractivity contribution in [3.05, 3.63) is 66.2 Å². The molecule has 1 aromatic carbocycles. The first kappa shape index (κ1) is 20.4.